The Morgan fingerprint density at radius 1 is 1.30 bits per heavy atom. The van der Waals surface area contributed by atoms with Crippen LogP contribution in [-0.2, 0) is 17.8 Å². The molecule has 0 bridgehead atoms. The van der Waals surface area contributed by atoms with Gasteiger partial charge in [-0.1, -0.05) is 19.1 Å². The molecule has 1 aromatic carbocycles. The zero-order valence-corrected chi connectivity index (χ0v) is 11.7. The quantitative estimate of drug-likeness (QED) is 0.846. The van der Waals surface area contributed by atoms with Crippen molar-refractivity contribution >= 4 is 11.7 Å². The summed E-state index contributed by atoms with van der Waals surface area (Å²) in [4.78, 5) is 10.8. The molecule has 2 rings (SSSR count). The molecule has 20 heavy (non-hydrogen) atoms. The van der Waals surface area contributed by atoms with Crippen LogP contribution < -0.4 is 5.32 Å². The van der Waals surface area contributed by atoms with Gasteiger partial charge in [0.15, 0.2) is 0 Å². The average Bonchev–Trinajstić information content (AvgIpc) is 2.83. The largest absolute Gasteiger partial charge is 0.481 e. The minimum absolute atomic E-state index is 0.359. The lowest BCUT2D eigenvalue weighted by Gasteiger charge is -2.09. The molecule has 1 aromatic heterocycles. The lowest BCUT2D eigenvalue weighted by atomic mass is 10.0. The first-order valence-corrected chi connectivity index (χ1v) is 6.65. The van der Waals surface area contributed by atoms with E-state index in [-0.39, 0.29) is 5.92 Å². The second kappa shape index (κ2) is 6.28. The molecular formula is C16H19NO3. The zero-order chi connectivity index (χ0) is 14.5. The molecule has 1 atom stereocenters. The number of carboxylic acid groups (broad SMARTS) is 1. The lowest BCUT2D eigenvalue weighted by molar-refractivity contribution is -0.141. The third-order valence-electron chi connectivity index (χ3n) is 3.37. The summed E-state index contributed by atoms with van der Waals surface area (Å²) >= 11 is 0. The van der Waals surface area contributed by atoms with Crippen LogP contribution in [-0.4, -0.2) is 11.1 Å². The number of nitrogens with one attached hydrogen (secondary N) is 1. The van der Waals surface area contributed by atoms with Gasteiger partial charge in [-0.15, -0.1) is 0 Å². The van der Waals surface area contributed by atoms with Gasteiger partial charge < -0.3 is 14.8 Å². The molecule has 0 saturated heterocycles. The molecule has 2 aromatic rings. The van der Waals surface area contributed by atoms with E-state index in [4.69, 9.17) is 9.52 Å². The van der Waals surface area contributed by atoms with E-state index in [9.17, 15) is 4.79 Å². The van der Waals surface area contributed by atoms with Crippen LogP contribution in [0.4, 0.5) is 5.69 Å². The van der Waals surface area contributed by atoms with Gasteiger partial charge in [-0.2, -0.15) is 0 Å². The number of hydrogen-bond acceptors (Lipinski definition) is 3. The van der Waals surface area contributed by atoms with Crippen molar-refractivity contribution in [3.05, 3.63) is 53.5 Å². The number of hydrogen-bond donors (Lipinski definition) is 2. The van der Waals surface area contributed by atoms with Crippen molar-refractivity contribution in [2.75, 3.05) is 5.32 Å². The first-order valence-electron chi connectivity index (χ1n) is 6.65. The number of benzene rings is 1. The van der Waals surface area contributed by atoms with Crippen molar-refractivity contribution < 1.29 is 14.3 Å². The zero-order valence-electron chi connectivity index (χ0n) is 11.7. The van der Waals surface area contributed by atoms with E-state index in [1.165, 1.54) is 0 Å². The van der Waals surface area contributed by atoms with Gasteiger partial charge in [-0.25, -0.2) is 0 Å². The monoisotopic (exact) mass is 273 g/mol. The van der Waals surface area contributed by atoms with Crippen molar-refractivity contribution in [3.8, 4) is 0 Å². The number of carboxylic acids is 1. The van der Waals surface area contributed by atoms with E-state index in [1.54, 1.807) is 13.2 Å². The van der Waals surface area contributed by atoms with E-state index in [0.29, 0.717) is 13.0 Å². The Bertz CT molecular complexity index is 572. The maximum Gasteiger partial charge on any atom is 0.306 e. The van der Waals surface area contributed by atoms with Gasteiger partial charge in [-0.3, -0.25) is 4.79 Å². The molecule has 1 unspecified atom stereocenters. The van der Waals surface area contributed by atoms with Crippen LogP contribution in [0.15, 0.2) is 41.0 Å². The fourth-order valence-corrected chi connectivity index (χ4v) is 1.99. The summed E-state index contributed by atoms with van der Waals surface area (Å²) in [5, 5.41) is 12.2. The molecule has 0 aliphatic carbocycles. The minimum Gasteiger partial charge on any atom is -0.481 e. The van der Waals surface area contributed by atoms with Crippen molar-refractivity contribution in [1.82, 2.24) is 0 Å². The van der Waals surface area contributed by atoms with Crippen LogP contribution in [0, 0.1) is 12.8 Å². The van der Waals surface area contributed by atoms with Crippen LogP contribution in [0.25, 0.3) is 0 Å². The molecular weight excluding hydrogens is 254 g/mol. The Hall–Kier alpha value is -2.23. The number of rotatable bonds is 6. The highest BCUT2D eigenvalue weighted by molar-refractivity contribution is 5.69. The molecule has 0 spiro atoms. The van der Waals surface area contributed by atoms with Gasteiger partial charge in [-0.05, 0) is 37.1 Å². The highest BCUT2D eigenvalue weighted by Crippen LogP contribution is 2.16. The summed E-state index contributed by atoms with van der Waals surface area (Å²) in [5.74, 6) is -0.200. The fourth-order valence-electron chi connectivity index (χ4n) is 1.99. The molecule has 4 heteroatoms. The van der Waals surface area contributed by atoms with E-state index < -0.39 is 5.97 Å². The SMILES string of the molecule is Cc1occc1CNc1ccc(CC(C)C(=O)O)cc1. The number of aliphatic carboxylic acids is 1. The standard InChI is InChI=1S/C16H19NO3/c1-11(16(18)19)9-13-3-5-15(6-4-13)17-10-14-7-8-20-12(14)2/h3-8,11,17H,9-10H2,1-2H3,(H,18,19). The molecule has 1 heterocycles. The Balaban J connectivity index is 1.91. The summed E-state index contributed by atoms with van der Waals surface area (Å²) < 4.78 is 5.24. The molecule has 0 aliphatic rings. The summed E-state index contributed by atoms with van der Waals surface area (Å²) in [6, 6.07) is 9.82. The third-order valence-corrected chi connectivity index (χ3v) is 3.37. The average molecular weight is 273 g/mol. The van der Waals surface area contributed by atoms with Gasteiger partial charge in [0, 0.05) is 17.8 Å². The maximum absolute atomic E-state index is 10.8. The maximum atomic E-state index is 10.8. The summed E-state index contributed by atoms with van der Waals surface area (Å²) in [7, 11) is 0. The van der Waals surface area contributed by atoms with Crippen molar-refractivity contribution in [1.29, 1.82) is 0 Å². The number of anilines is 1. The van der Waals surface area contributed by atoms with Crippen LogP contribution in [0.1, 0.15) is 23.8 Å². The molecule has 0 fully saturated rings. The Morgan fingerprint density at radius 2 is 2.00 bits per heavy atom. The van der Waals surface area contributed by atoms with E-state index in [1.807, 2.05) is 37.3 Å². The van der Waals surface area contributed by atoms with E-state index in [2.05, 4.69) is 5.32 Å². The summed E-state index contributed by atoms with van der Waals surface area (Å²) in [6.07, 6.45) is 2.24. The predicted molar refractivity (Wildman–Crippen MR) is 77.7 cm³/mol. The van der Waals surface area contributed by atoms with Gasteiger partial charge in [0.05, 0.1) is 12.2 Å². The lowest BCUT2D eigenvalue weighted by Crippen LogP contribution is -2.12. The number of carbonyl (C=O) groups is 1. The van der Waals surface area contributed by atoms with E-state index >= 15 is 0 Å². The first-order chi connectivity index (χ1) is 9.56. The number of furan rings is 1. The van der Waals surface area contributed by atoms with Crippen molar-refractivity contribution in [2.24, 2.45) is 5.92 Å². The van der Waals surface area contributed by atoms with Crippen molar-refractivity contribution in [3.63, 3.8) is 0 Å². The topological polar surface area (TPSA) is 62.5 Å². The second-order valence-electron chi connectivity index (χ2n) is 5.00. The van der Waals surface area contributed by atoms with Crippen LogP contribution in [0.5, 0.6) is 0 Å². The fraction of sp³-hybridized carbons (Fsp3) is 0.312. The second-order valence-corrected chi connectivity index (χ2v) is 5.00. The normalized spacial score (nSPS) is 12.1. The summed E-state index contributed by atoms with van der Waals surface area (Å²) in [5.41, 5.74) is 3.18. The minimum atomic E-state index is -0.761. The first kappa shape index (κ1) is 14.2. The van der Waals surface area contributed by atoms with E-state index in [0.717, 1.165) is 22.6 Å². The van der Waals surface area contributed by atoms with Gasteiger partial charge >= 0.3 is 5.97 Å². The molecule has 4 nitrogen and oxygen atoms in total. The molecule has 0 amide bonds. The highest BCUT2D eigenvalue weighted by Gasteiger charge is 2.11. The Kier molecular flexibility index (Phi) is 4.45. The molecule has 2 N–H and O–H groups in total. The van der Waals surface area contributed by atoms with Crippen LogP contribution in [0.2, 0.25) is 0 Å². The smallest absolute Gasteiger partial charge is 0.306 e. The Labute approximate surface area is 118 Å². The van der Waals surface area contributed by atoms with Crippen molar-refractivity contribution in [2.45, 2.75) is 26.8 Å². The Morgan fingerprint density at radius 3 is 2.55 bits per heavy atom. The number of aryl methyl sites for hydroxylation is 1. The van der Waals surface area contributed by atoms with Crippen LogP contribution >= 0.6 is 0 Å². The van der Waals surface area contributed by atoms with Gasteiger partial charge in [0.1, 0.15) is 5.76 Å². The highest BCUT2D eigenvalue weighted by atomic mass is 16.4. The molecule has 0 radical (unpaired) electrons. The predicted octanol–water partition coefficient (Wildman–Crippen LogP) is 3.46. The van der Waals surface area contributed by atoms with Crippen LogP contribution in [0.3, 0.4) is 0 Å². The molecule has 106 valence electrons. The molecule has 0 aliphatic heterocycles. The van der Waals surface area contributed by atoms with Gasteiger partial charge in [0.2, 0.25) is 0 Å². The summed E-state index contributed by atoms with van der Waals surface area (Å²) in [6.45, 7) is 4.37. The molecule has 0 saturated carbocycles. The van der Waals surface area contributed by atoms with Gasteiger partial charge in [0.25, 0.3) is 0 Å². The third kappa shape index (κ3) is 3.63.